The van der Waals surface area contributed by atoms with Crippen LogP contribution in [0, 0.1) is 0 Å². The van der Waals surface area contributed by atoms with Crippen LogP contribution >= 0.6 is 0 Å². The Balaban J connectivity index is 1.50. The minimum absolute atomic E-state index is 0.0193. The van der Waals surface area contributed by atoms with Crippen molar-refractivity contribution in [2.45, 2.75) is 25.3 Å². The van der Waals surface area contributed by atoms with Crippen molar-refractivity contribution in [3.63, 3.8) is 0 Å². The highest BCUT2D eigenvalue weighted by atomic mass is 16.1. The number of aromatic amines is 1. The summed E-state index contributed by atoms with van der Waals surface area (Å²) in [5.41, 5.74) is 5.12. The molecule has 0 spiro atoms. The minimum atomic E-state index is 0.0193. The lowest BCUT2D eigenvalue weighted by atomic mass is 9.96. The highest BCUT2D eigenvalue weighted by Crippen LogP contribution is 2.25. The van der Waals surface area contributed by atoms with Gasteiger partial charge in [0.05, 0.1) is 5.56 Å². The van der Waals surface area contributed by atoms with Crippen LogP contribution in [0.25, 0.3) is 11.3 Å². The summed E-state index contributed by atoms with van der Waals surface area (Å²) in [5.74, 6) is 0.0193. The van der Waals surface area contributed by atoms with Crippen molar-refractivity contribution in [3.8, 4) is 11.3 Å². The van der Waals surface area contributed by atoms with E-state index in [0.29, 0.717) is 0 Å². The second-order valence-corrected chi connectivity index (χ2v) is 6.21. The molecule has 0 saturated heterocycles. The third-order valence-corrected chi connectivity index (χ3v) is 4.55. The predicted octanol–water partition coefficient (Wildman–Crippen LogP) is 3.36. The van der Waals surface area contributed by atoms with Gasteiger partial charge >= 0.3 is 0 Å². The van der Waals surface area contributed by atoms with Crippen LogP contribution in [0.3, 0.4) is 0 Å². The van der Waals surface area contributed by atoms with Gasteiger partial charge in [-0.2, -0.15) is 0 Å². The van der Waals surface area contributed by atoms with Crippen molar-refractivity contribution in [3.05, 3.63) is 77.7 Å². The number of aryl methyl sites for hydroxylation is 1. The Kier molecular flexibility index (Phi) is 3.87. The van der Waals surface area contributed by atoms with Crippen LogP contribution in [0.5, 0.6) is 0 Å². The first-order chi connectivity index (χ1) is 11.8. The number of nitrogens with zero attached hydrogens (tertiary/aromatic N) is 1. The SMILES string of the molecule is O=C1N[C@@H](CCc2ccccc2)Cc2[nH]c(-c3ccncc3)cc21. The summed E-state index contributed by atoms with van der Waals surface area (Å²) in [7, 11) is 0. The summed E-state index contributed by atoms with van der Waals surface area (Å²) >= 11 is 0. The molecule has 4 rings (SSSR count). The Morgan fingerprint density at radius 2 is 1.88 bits per heavy atom. The van der Waals surface area contributed by atoms with Crippen LogP contribution in [-0.4, -0.2) is 21.9 Å². The normalized spacial score (nSPS) is 16.5. The van der Waals surface area contributed by atoms with Crippen molar-refractivity contribution in [1.29, 1.82) is 0 Å². The Morgan fingerprint density at radius 3 is 2.67 bits per heavy atom. The van der Waals surface area contributed by atoms with Crippen LogP contribution in [0.4, 0.5) is 0 Å². The average molecular weight is 317 g/mol. The maximum absolute atomic E-state index is 12.4. The van der Waals surface area contributed by atoms with Gasteiger partial charge in [-0.1, -0.05) is 30.3 Å². The molecule has 1 aromatic carbocycles. The van der Waals surface area contributed by atoms with Crippen molar-refractivity contribution in [1.82, 2.24) is 15.3 Å². The lowest BCUT2D eigenvalue weighted by Crippen LogP contribution is -2.41. The van der Waals surface area contributed by atoms with E-state index in [9.17, 15) is 4.79 Å². The molecule has 3 aromatic rings. The molecule has 120 valence electrons. The molecule has 0 saturated carbocycles. The van der Waals surface area contributed by atoms with Crippen molar-refractivity contribution < 1.29 is 4.79 Å². The summed E-state index contributed by atoms with van der Waals surface area (Å²) in [6, 6.07) is 16.4. The molecule has 0 unspecified atom stereocenters. The van der Waals surface area contributed by atoms with Gasteiger partial charge in [0.15, 0.2) is 0 Å². The van der Waals surface area contributed by atoms with Gasteiger partial charge in [-0.15, -0.1) is 0 Å². The molecule has 1 atom stereocenters. The number of hydrogen-bond acceptors (Lipinski definition) is 2. The van der Waals surface area contributed by atoms with Crippen LogP contribution in [0.1, 0.15) is 28.0 Å². The molecule has 4 heteroatoms. The Hall–Kier alpha value is -2.88. The molecule has 1 aliphatic rings. The van der Waals surface area contributed by atoms with Crippen molar-refractivity contribution in [2.75, 3.05) is 0 Å². The average Bonchev–Trinajstić information content (AvgIpc) is 3.06. The van der Waals surface area contributed by atoms with E-state index in [1.165, 1.54) is 5.56 Å². The number of H-pyrrole nitrogens is 1. The fraction of sp³-hybridized carbons (Fsp3) is 0.200. The molecule has 4 nitrogen and oxygen atoms in total. The van der Waals surface area contributed by atoms with E-state index in [4.69, 9.17) is 0 Å². The Labute approximate surface area is 141 Å². The topological polar surface area (TPSA) is 57.8 Å². The third-order valence-electron chi connectivity index (χ3n) is 4.55. The maximum atomic E-state index is 12.4. The number of hydrogen-bond donors (Lipinski definition) is 2. The number of rotatable bonds is 4. The molecule has 1 amide bonds. The summed E-state index contributed by atoms with van der Waals surface area (Å²) < 4.78 is 0. The smallest absolute Gasteiger partial charge is 0.253 e. The zero-order chi connectivity index (χ0) is 16.4. The molecule has 2 N–H and O–H groups in total. The second kappa shape index (κ2) is 6.32. The van der Waals surface area contributed by atoms with Gasteiger partial charge in [-0.05, 0) is 36.6 Å². The number of aromatic nitrogens is 2. The molecule has 0 radical (unpaired) electrons. The van der Waals surface area contributed by atoms with E-state index >= 15 is 0 Å². The zero-order valence-electron chi connectivity index (χ0n) is 13.3. The van der Waals surface area contributed by atoms with E-state index in [1.807, 2.05) is 24.3 Å². The molecule has 0 aliphatic carbocycles. The lowest BCUT2D eigenvalue weighted by molar-refractivity contribution is 0.0923. The highest BCUT2D eigenvalue weighted by molar-refractivity contribution is 5.98. The largest absolute Gasteiger partial charge is 0.358 e. The molecule has 0 fully saturated rings. The Bertz CT molecular complexity index is 840. The first kappa shape index (κ1) is 14.7. The number of pyridine rings is 1. The highest BCUT2D eigenvalue weighted by Gasteiger charge is 2.26. The standard InChI is InChI=1S/C20H19N3O/c24-20-17-13-18(15-8-10-21-11-9-15)23-19(17)12-16(22-20)7-6-14-4-2-1-3-5-14/h1-5,8-11,13,16,23H,6-7,12H2,(H,22,24)/t16-/m0/s1. The predicted molar refractivity (Wildman–Crippen MR) is 93.7 cm³/mol. The number of carbonyl (C=O) groups is 1. The number of amides is 1. The fourth-order valence-electron chi connectivity index (χ4n) is 3.27. The zero-order valence-corrected chi connectivity index (χ0v) is 13.3. The first-order valence-electron chi connectivity index (χ1n) is 8.26. The van der Waals surface area contributed by atoms with Crippen LogP contribution < -0.4 is 5.32 Å². The number of carbonyl (C=O) groups excluding carboxylic acids is 1. The van der Waals surface area contributed by atoms with Gasteiger partial charge in [-0.3, -0.25) is 9.78 Å². The second-order valence-electron chi connectivity index (χ2n) is 6.21. The van der Waals surface area contributed by atoms with Crippen LogP contribution in [0.15, 0.2) is 60.9 Å². The van der Waals surface area contributed by atoms with Gasteiger partial charge in [0.25, 0.3) is 5.91 Å². The van der Waals surface area contributed by atoms with Crippen LogP contribution in [-0.2, 0) is 12.8 Å². The van der Waals surface area contributed by atoms with E-state index < -0.39 is 0 Å². The van der Waals surface area contributed by atoms with Gasteiger partial charge < -0.3 is 10.3 Å². The number of nitrogens with one attached hydrogen (secondary N) is 2. The summed E-state index contributed by atoms with van der Waals surface area (Å²) in [4.78, 5) is 19.9. The quantitative estimate of drug-likeness (QED) is 0.775. The third kappa shape index (κ3) is 2.95. The maximum Gasteiger partial charge on any atom is 0.253 e. The molecule has 2 aromatic heterocycles. The minimum Gasteiger partial charge on any atom is -0.358 e. The van der Waals surface area contributed by atoms with Gasteiger partial charge in [0.1, 0.15) is 0 Å². The van der Waals surface area contributed by atoms with Gasteiger partial charge in [0, 0.05) is 41.8 Å². The molecule has 24 heavy (non-hydrogen) atoms. The molecular weight excluding hydrogens is 298 g/mol. The molecule has 0 bridgehead atoms. The lowest BCUT2D eigenvalue weighted by Gasteiger charge is -2.23. The molecule has 1 aliphatic heterocycles. The van der Waals surface area contributed by atoms with Gasteiger partial charge in [0.2, 0.25) is 0 Å². The first-order valence-corrected chi connectivity index (χ1v) is 8.26. The van der Waals surface area contributed by atoms with E-state index in [1.54, 1.807) is 12.4 Å². The number of benzene rings is 1. The van der Waals surface area contributed by atoms with Gasteiger partial charge in [-0.25, -0.2) is 0 Å². The summed E-state index contributed by atoms with van der Waals surface area (Å²) in [6.45, 7) is 0. The monoisotopic (exact) mass is 317 g/mol. The van der Waals surface area contributed by atoms with Crippen molar-refractivity contribution in [2.24, 2.45) is 0 Å². The Morgan fingerprint density at radius 1 is 1.08 bits per heavy atom. The fourth-order valence-corrected chi connectivity index (χ4v) is 3.27. The summed E-state index contributed by atoms with van der Waals surface area (Å²) in [6.07, 6.45) is 6.28. The number of fused-ring (bicyclic) bond motifs is 1. The van der Waals surface area contributed by atoms with Crippen LogP contribution in [0.2, 0.25) is 0 Å². The summed E-state index contributed by atoms with van der Waals surface area (Å²) in [5, 5.41) is 3.14. The van der Waals surface area contributed by atoms with E-state index in [0.717, 1.165) is 41.8 Å². The molecular formula is C20H19N3O. The van der Waals surface area contributed by atoms with E-state index in [-0.39, 0.29) is 11.9 Å². The van der Waals surface area contributed by atoms with E-state index in [2.05, 4.69) is 39.6 Å². The van der Waals surface area contributed by atoms with Crippen molar-refractivity contribution >= 4 is 5.91 Å². The molecule has 3 heterocycles.